The third kappa shape index (κ3) is 3.38. The number of amides is 1. The molecule has 2 rings (SSSR count). The van der Waals surface area contributed by atoms with Gasteiger partial charge in [0.1, 0.15) is 5.75 Å². The summed E-state index contributed by atoms with van der Waals surface area (Å²) in [5, 5.41) is 3.06. The minimum absolute atomic E-state index is 0.196. The predicted molar refractivity (Wildman–Crippen MR) is 83.7 cm³/mol. The number of ether oxygens (including phenoxy) is 2. The van der Waals surface area contributed by atoms with Gasteiger partial charge in [-0.25, -0.2) is 4.79 Å². The summed E-state index contributed by atoms with van der Waals surface area (Å²) < 4.78 is 9.72. The number of hydrogen-bond donors (Lipinski definition) is 1. The highest BCUT2D eigenvalue weighted by molar-refractivity contribution is 6.32. The molecule has 5 nitrogen and oxygen atoms in total. The number of carbonyl (C=O) groups excluding carboxylic acids is 2. The zero-order valence-corrected chi connectivity index (χ0v) is 12.8. The molecule has 1 amide bonds. The monoisotopic (exact) mass is 319 g/mol. The lowest BCUT2D eigenvalue weighted by Crippen LogP contribution is -2.17. The Hall–Kier alpha value is -2.53. The number of methoxy groups -OCH3 is 2. The van der Waals surface area contributed by atoms with E-state index in [0.29, 0.717) is 16.5 Å². The van der Waals surface area contributed by atoms with Crippen molar-refractivity contribution in [1.82, 2.24) is 0 Å². The zero-order valence-electron chi connectivity index (χ0n) is 12.1. The van der Waals surface area contributed by atoms with E-state index in [9.17, 15) is 9.59 Å². The van der Waals surface area contributed by atoms with Crippen molar-refractivity contribution in [2.75, 3.05) is 19.5 Å². The van der Waals surface area contributed by atoms with Gasteiger partial charge in [0, 0.05) is 5.69 Å². The molecule has 0 spiro atoms. The normalized spacial score (nSPS) is 9.95. The van der Waals surface area contributed by atoms with Gasteiger partial charge in [-0.05, 0) is 30.3 Å². The molecule has 0 radical (unpaired) electrons. The van der Waals surface area contributed by atoms with Crippen LogP contribution in [0.15, 0.2) is 42.5 Å². The Bertz CT molecular complexity index is 715. The second-order valence-corrected chi connectivity index (χ2v) is 4.75. The number of esters is 1. The summed E-state index contributed by atoms with van der Waals surface area (Å²) in [6, 6.07) is 11.3. The van der Waals surface area contributed by atoms with Gasteiger partial charge in [-0.3, -0.25) is 4.79 Å². The number of nitrogens with one attached hydrogen (secondary N) is 1. The SMILES string of the molecule is COC(=O)c1ccccc1C(=O)Nc1ccc(OC)c(Cl)c1. The highest BCUT2D eigenvalue weighted by Crippen LogP contribution is 2.27. The molecule has 6 heteroatoms. The third-order valence-electron chi connectivity index (χ3n) is 2.99. The van der Waals surface area contributed by atoms with Crippen LogP contribution in [-0.4, -0.2) is 26.1 Å². The molecule has 114 valence electrons. The van der Waals surface area contributed by atoms with Crippen LogP contribution in [0, 0.1) is 0 Å². The fourth-order valence-electron chi connectivity index (χ4n) is 1.91. The van der Waals surface area contributed by atoms with Crippen molar-refractivity contribution < 1.29 is 19.1 Å². The van der Waals surface area contributed by atoms with Crippen LogP contribution in [0.3, 0.4) is 0 Å². The number of carbonyl (C=O) groups is 2. The Balaban J connectivity index is 2.26. The average Bonchev–Trinajstić information content (AvgIpc) is 2.54. The summed E-state index contributed by atoms with van der Waals surface area (Å²) in [5.74, 6) is -0.490. The smallest absolute Gasteiger partial charge is 0.338 e. The zero-order chi connectivity index (χ0) is 16.1. The van der Waals surface area contributed by atoms with E-state index in [2.05, 4.69) is 10.1 Å². The fourth-order valence-corrected chi connectivity index (χ4v) is 2.17. The predicted octanol–water partition coefficient (Wildman–Crippen LogP) is 3.39. The Morgan fingerprint density at radius 3 is 2.32 bits per heavy atom. The second kappa shape index (κ2) is 6.95. The lowest BCUT2D eigenvalue weighted by Gasteiger charge is -2.10. The topological polar surface area (TPSA) is 64.6 Å². The first-order chi connectivity index (χ1) is 10.6. The molecule has 0 saturated carbocycles. The van der Waals surface area contributed by atoms with Crippen LogP contribution in [0.5, 0.6) is 5.75 Å². The van der Waals surface area contributed by atoms with E-state index >= 15 is 0 Å². The summed E-state index contributed by atoms with van der Waals surface area (Å²) in [6.45, 7) is 0. The van der Waals surface area contributed by atoms with Crippen molar-refractivity contribution in [3.05, 3.63) is 58.6 Å². The van der Waals surface area contributed by atoms with Crippen LogP contribution in [-0.2, 0) is 4.74 Å². The van der Waals surface area contributed by atoms with Crippen molar-refractivity contribution in [2.24, 2.45) is 0 Å². The van der Waals surface area contributed by atoms with Gasteiger partial charge >= 0.3 is 5.97 Å². The van der Waals surface area contributed by atoms with Gasteiger partial charge < -0.3 is 14.8 Å². The largest absolute Gasteiger partial charge is 0.495 e. The first kappa shape index (κ1) is 15.9. The Kier molecular flexibility index (Phi) is 5.01. The highest BCUT2D eigenvalue weighted by Gasteiger charge is 2.17. The molecule has 22 heavy (non-hydrogen) atoms. The van der Waals surface area contributed by atoms with Crippen LogP contribution in [0.2, 0.25) is 5.02 Å². The lowest BCUT2D eigenvalue weighted by atomic mass is 10.1. The molecule has 0 aliphatic carbocycles. The van der Waals surface area contributed by atoms with E-state index in [1.54, 1.807) is 36.4 Å². The maximum Gasteiger partial charge on any atom is 0.338 e. The molecule has 0 unspecified atom stereocenters. The van der Waals surface area contributed by atoms with Gasteiger partial charge in [-0.15, -0.1) is 0 Å². The molecule has 2 aromatic carbocycles. The number of anilines is 1. The molecule has 0 fully saturated rings. The maximum absolute atomic E-state index is 12.3. The molecule has 1 N–H and O–H groups in total. The molecular formula is C16H14ClNO4. The van der Waals surface area contributed by atoms with Crippen molar-refractivity contribution in [3.8, 4) is 5.75 Å². The van der Waals surface area contributed by atoms with Gasteiger partial charge in [0.2, 0.25) is 0 Å². The summed E-state index contributed by atoms with van der Waals surface area (Å²) in [6.07, 6.45) is 0. The van der Waals surface area contributed by atoms with E-state index in [4.69, 9.17) is 16.3 Å². The van der Waals surface area contributed by atoms with Crippen LogP contribution in [0.1, 0.15) is 20.7 Å². The third-order valence-corrected chi connectivity index (χ3v) is 3.28. The molecular weight excluding hydrogens is 306 g/mol. The summed E-state index contributed by atoms with van der Waals surface area (Å²) in [4.78, 5) is 24.0. The Morgan fingerprint density at radius 1 is 1.05 bits per heavy atom. The molecule has 0 bridgehead atoms. The van der Waals surface area contributed by atoms with Gasteiger partial charge in [0.25, 0.3) is 5.91 Å². The average molecular weight is 320 g/mol. The first-order valence-corrected chi connectivity index (χ1v) is 6.77. The summed E-state index contributed by atoms with van der Waals surface area (Å²) in [5.41, 5.74) is 0.916. The van der Waals surface area contributed by atoms with Crippen molar-refractivity contribution in [3.63, 3.8) is 0 Å². The minimum atomic E-state index is -0.571. The number of benzene rings is 2. The molecule has 0 aromatic heterocycles. The first-order valence-electron chi connectivity index (χ1n) is 6.39. The van der Waals surface area contributed by atoms with Gasteiger partial charge in [0.15, 0.2) is 0 Å². The summed E-state index contributed by atoms with van der Waals surface area (Å²) in [7, 11) is 2.77. The second-order valence-electron chi connectivity index (χ2n) is 4.34. The van der Waals surface area contributed by atoms with Gasteiger partial charge in [-0.1, -0.05) is 23.7 Å². The van der Waals surface area contributed by atoms with Crippen molar-refractivity contribution in [1.29, 1.82) is 0 Å². The standard InChI is InChI=1S/C16H14ClNO4/c1-21-14-8-7-10(9-13(14)17)18-15(19)11-5-3-4-6-12(11)16(20)22-2/h3-9H,1-2H3,(H,18,19). The molecule has 2 aromatic rings. The van der Waals surface area contributed by atoms with Gasteiger partial charge in [0.05, 0.1) is 30.4 Å². The van der Waals surface area contributed by atoms with E-state index in [-0.39, 0.29) is 11.1 Å². The highest BCUT2D eigenvalue weighted by atomic mass is 35.5. The number of rotatable bonds is 4. The van der Waals surface area contributed by atoms with Gasteiger partial charge in [-0.2, -0.15) is 0 Å². The maximum atomic E-state index is 12.3. The van der Waals surface area contributed by atoms with E-state index in [1.807, 2.05) is 0 Å². The van der Waals surface area contributed by atoms with E-state index in [1.165, 1.54) is 20.3 Å². The van der Waals surface area contributed by atoms with Crippen molar-refractivity contribution in [2.45, 2.75) is 0 Å². The molecule has 0 atom stereocenters. The number of hydrogen-bond acceptors (Lipinski definition) is 4. The Labute approximate surface area is 132 Å². The number of halogens is 1. The molecule has 0 aliphatic heterocycles. The summed E-state index contributed by atoms with van der Waals surface area (Å²) >= 11 is 6.01. The van der Waals surface area contributed by atoms with E-state index in [0.717, 1.165) is 0 Å². The van der Waals surface area contributed by atoms with Crippen molar-refractivity contribution >= 4 is 29.2 Å². The lowest BCUT2D eigenvalue weighted by molar-refractivity contribution is 0.0597. The quantitative estimate of drug-likeness (QED) is 0.877. The van der Waals surface area contributed by atoms with Crippen LogP contribution in [0.25, 0.3) is 0 Å². The van der Waals surface area contributed by atoms with Crippen LogP contribution >= 0.6 is 11.6 Å². The molecule has 0 heterocycles. The van der Waals surface area contributed by atoms with E-state index < -0.39 is 11.9 Å². The molecule has 0 aliphatic rings. The fraction of sp³-hybridized carbons (Fsp3) is 0.125. The Morgan fingerprint density at radius 2 is 1.73 bits per heavy atom. The van der Waals surface area contributed by atoms with Crippen LogP contribution < -0.4 is 10.1 Å². The van der Waals surface area contributed by atoms with Crippen LogP contribution in [0.4, 0.5) is 5.69 Å². The molecule has 0 saturated heterocycles. The minimum Gasteiger partial charge on any atom is -0.495 e.